The average molecular weight is 628 g/mol. The second-order valence-corrected chi connectivity index (χ2v) is 15.1. The lowest BCUT2D eigenvalue weighted by Gasteiger charge is -2.26. The molecule has 0 aliphatic carbocycles. The van der Waals surface area contributed by atoms with Gasteiger partial charge in [0.05, 0.1) is 17.7 Å². The first kappa shape index (κ1) is 35.1. The Morgan fingerprint density at radius 2 is 1.40 bits per heavy atom. The molecule has 0 aliphatic rings. The molecule has 232 valence electrons. The van der Waals surface area contributed by atoms with Crippen molar-refractivity contribution in [1.29, 1.82) is 0 Å². The van der Waals surface area contributed by atoms with Crippen molar-refractivity contribution in [2.24, 2.45) is 11.1 Å². The summed E-state index contributed by atoms with van der Waals surface area (Å²) in [6, 6.07) is 8.12. The van der Waals surface area contributed by atoms with E-state index in [1.165, 1.54) is 18.2 Å². The van der Waals surface area contributed by atoms with Crippen LogP contribution in [0.4, 0.5) is 0 Å². The lowest BCUT2D eigenvalue weighted by atomic mass is 9.94. The van der Waals surface area contributed by atoms with E-state index in [0.717, 1.165) is 12.1 Å². The topological polar surface area (TPSA) is 226 Å². The fraction of sp³-hybridized carbons (Fsp3) is 0.444. The van der Waals surface area contributed by atoms with Gasteiger partial charge in [0.2, 0.25) is 11.8 Å². The molecule has 2 rings (SSSR count). The summed E-state index contributed by atoms with van der Waals surface area (Å²) in [4.78, 5) is 76.2. The van der Waals surface area contributed by atoms with Crippen LogP contribution in [-0.2, 0) is 25.1 Å². The summed E-state index contributed by atoms with van der Waals surface area (Å²) in [5.74, 6) is -1.38. The van der Waals surface area contributed by atoms with Crippen LogP contribution in [0.1, 0.15) is 80.0 Å². The van der Waals surface area contributed by atoms with E-state index in [9.17, 15) is 43.1 Å². The highest BCUT2D eigenvalue weighted by molar-refractivity contribution is 7.70. The molecule has 15 heteroatoms. The van der Waals surface area contributed by atoms with Crippen molar-refractivity contribution in [2.45, 2.75) is 71.6 Å². The Labute approximate surface area is 244 Å². The fourth-order valence-electron chi connectivity index (χ4n) is 3.99. The molecule has 0 saturated heterocycles. The number of rotatable bonds is 12. The van der Waals surface area contributed by atoms with E-state index in [1.807, 2.05) is 0 Å². The quantitative estimate of drug-likeness (QED) is 0.170. The Balaban J connectivity index is 2.35. The van der Waals surface area contributed by atoms with Crippen molar-refractivity contribution in [2.75, 3.05) is 0 Å². The van der Waals surface area contributed by atoms with Gasteiger partial charge in [-0.15, -0.1) is 0 Å². The molecule has 0 fully saturated rings. The molecule has 2 aromatic rings. The molecule has 0 bridgehead atoms. The number of primary amides is 1. The van der Waals surface area contributed by atoms with E-state index in [0.29, 0.717) is 16.9 Å². The first-order chi connectivity index (χ1) is 19.1. The molecule has 8 N–H and O–H groups in total. The highest BCUT2D eigenvalue weighted by atomic mass is 31.2. The Morgan fingerprint density at radius 1 is 0.881 bits per heavy atom. The summed E-state index contributed by atoms with van der Waals surface area (Å²) >= 11 is 0. The lowest BCUT2D eigenvalue weighted by molar-refractivity contribution is -0.133. The van der Waals surface area contributed by atoms with Gasteiger partial charge in [-0.25, -0.2) is 0 Å². The van der Waals surface area contributed by atoms with Crippen LogP contribution in [0, 0.1) is 5.41 Å². The largest absolute Gasteiger partial charge is 0.490 e. The minimum Gasteiger partial charge on any atom is -0.490 e. The number of hydrogen-bond donors (Lipinski definition) is 7. The van der Waals surface area contributed by atoms with Crippen molar-refractivity contribution in [3.05, 3.63) is 64.7 Å². The highest BCUT2D eigenvalue weighted by Gasteiger charge is 2.44. The first-order valence-corrected chi connectivity index (χ1v) is 16.4. The normalized spacial score (nSPS) is 13.9. The number of carbonyl (C=O) groups is 3. The van der Waals surface area contributed by atoms with Gasteiger partial charge in [-0.2, -0.15) is 0 Å². The Hall–Kier alpha value is -3.05. The first-order valence-electron chi connectivity index (χ1n) is 13.0. The number of amides is 3. The van der Waals surface area contributed by atoms with Gasteiger partial charge in [0.15, 0.2) is 5.40 Å². The molecule has 0 saturated carbocycles. The van der Waals surface area contributed by atoms with Crippen LogP contribution in [0.25, 0.3) is 0 Å². The van der Waals surface area contributed by atoms with Crippen molar-refractivity contribution in [3.8, 4) is 5.75 Å². The molecule has 0 radical (unpaired) electrons. The van der Waals surface area contributed by atoms with Gasteiger partial charge in [-0.3, -0.25) is 23.5 Å². The molecule has 42 heavy (non-hydrogen) atoms. The van der Waals surface area contributed by atoms with Gasteiger partial charge in [0.1, 0.15) is 11.8 Å². The fourth-order valence-corrected chi connectivity index (χ4v) is 6.68. The van der Waals surface area contributed by atoms with E-state index in [-0.39, 0.29) is 23.7 Å². The van der Waals surface area contributed by atoms with Crippen LogP contribution in [0.2, 0.25) is 0 Å². The van der Waals surface area contributed by atoms with Crippen LogP contribution in [0.3, 0.4) is 0 Å². The van der Waals surface area contributed by atoms with Crippen molar-refractivity contribution >= 4 is 32.9 Å². The lowest BCUT2D eigenvalue weighted by Crippen LogP contribution is -2.51. The minimum absolute atomic E-state index is 0.0508. The zero-order chi connectivity index (χ0) is 32.2. The number of nitrogens with two attached hydrogens (primary N) is 1. The number of nitrogens with one attached hydrogen (secondary N) is 2. The Kier molecular flexibility index (Phi) is 11.3. The summed E-state index contributed by atoms with van der Waals surface area (Å²) in [5.41, 5.74) is 5.56. The molecule has 2 unspecified atom stereocenters. The predicted molar refractivity (Wildman–Crippen MR) is 156 cm³/mol. The number of hydrogen-bond acceptors (Lipinski definition) is 6. The summed E-state index contributed by atoms with van der Waals surface area (Å²) in [5, 5.41) is 3.20. The zero-order valence-electron chi connectivity index (χ0n) is 24.3. The highest BCUT2D eigenvalue weighted by Crippen LogP contribution is 2.69. The molecule has 0 spiro atoms. The van der Waals surface area contributed by atoms with Crippen LogP contribution in [0.15, 0.2) is 42.5 Å². The minimum atomic E-state index is -5.20. The molecule has 0 aromatic heterocycles. The van der Waals surface area contributed by atoms with Gasteiger partial charge in [0, 0.05) is 11.8 Å². The van der Waals surface area contributed by atoms with Crippen LogP contribution >= 0.6 is 15.2 Å². The monoisotopic (exact) mass is 627 g/mol. The maximum atomic E-state index is 13.4. The summed E-state index contributed by atoms with van der Waals surface area (Å²) in [6.45, 7) is 10.3. The second kappa shape index (κ2) is 13.5. The average Bonchev–Trinajstić information content (AvgIpc) is 2.81. The van der Waals surface area contributed by atoms with E-state index in [1.54, 1.807) is 53.7 Å². The van der Waals surface area contributed by atoms with E-state index in [4.69, 9.17) is 10.5 Å². The zero-order valence-corrected chi connectivity index (χ0v) is 26.1. The maximum Gasteiger partial charge on any atom is 0.345 e. The van der Waals surface area contributed by atoms with Gasteiger partial charge in [-0.05, 0) is 49.6 Å². The van der Waals surface area contributed by atoms with E-state index >= 15 is 0 Å². The SMILES string of the molecule is CC(C)Oc1ccc(C(C)NC(=O)C(Cc2ccc(C(P(=O)(O)O)P(=O)(O)O)cc2)NC(=O)C(C)(C)C)cc1C(N)=O. The van der Waals surface area contributed by atoms with Crippen molar-refractivity contribution in [3.63, 3.8) is 0 Å². The number of benzene rings is 2. The summed E-state index contributed by atoms with van der Waals surface area (Å²) in [6.07, 6.45) is -0.253. The van der Waals surface area contributed by atoms with Gasteiger partial charge < -0.3 is 40.7 Å². The standard InChI is InChI=1S/C27H39N3O10P2/c1-15(2)40-22-12-11-19(14-20(22)23(28)31)16(3)29-24(32)21(30-26(33)27(4,5)6)13-17-7-9-18(10-8-17)25(41(34,35)36)42(37,38)39/h7-12,14-16,21,25H,13H2,1-6H3,(H2,28,31)(H,29,32)(H,30,33)(H2,34,35,36)(H2,37,38,39). The Bertz CT molecular complexity index is 1370. The molecule has 0 aliphatic heterocycles. The Morgan fingerprint density at radius 3 is 1.86 bits per heavy atom. The third-order valence-electron chi connectivity index (χ3n) is 6.15. The van der Waals surface area contributed by atoms with Gasteiger partial charge in [0.25, 0.3) is 5.91 Å². The molecule has 2 aromatic carbocycles. The summed E-state index contributed by atoms with van der Waals surface area (Å²) < 4.78 is 29.2. The molecule has 13 nitrogen and oxygen atoms in total. The van der Waals surface area contributed by atoms with E-state index in [2.05, 4.69) is 10.6 Å². The molecular formula is C27H39N3O10P2. The number of ether oxygens (including phenoxy) is 1. The third-order valence-corrected chi connectivity index (χ3v) is 9.82. The molecule has 0 heterocycles. The van der Waals surface area contributed by atoms with Crippen LogP contribution in [0.5, 0.6) is 5.75 Å². The second-order valence-electron chi connectivity index (χ2n) is 11.3. The third kappa shape index (κ3) is 9.76. The summed E-state index contributed by atoms with van der Waals surface area (Å²) in [7, 11) is -10.4. The molecular weight excluding hydrogens is 588 g/mol. The smallest absolute Gasteiger partial charge is 0.345 e. The maximum absolute atomic E-state index is 13.4. The predicted octanol–water partition coefficient (Wildman–Crippen LogP) is 2.88. The van der Waals surface area contributed by atoms with E-state index < -0.39 is 55.8 Å². The van der Waals surface area contributed by atoms with Crippen LogP contribution < -0.4 is 21.1 Å². The van der Waals surface area contributed by atoms with Gasteiger partial charge in [-0.1, -0.05) is 51.1 Å². The van der Waals surface area contributed by atoms with Crippen LogP contribution in [-0.4, -0.2) is 49.4 Å². The van der Waals surface area contributed by atoms with Crippen molar-refractivity contribution in [1.82, 2.24) is 10.6 Å². The molecule has 2 atom stereocenters. The molecule has 3 amide bonds. The number of carbonyl (C=O) groups excluding carboxylic acids is 3. The van der Waals surface area contributed by atoms with Crippen molar-refractivity contribution < 1.29 is 47.8 Å². The van der Waals surface area contributed by atoms with Gasteiger partial charge >= 0.3 is 15.2 Å².